The first-order valence-electron chi connectivity index (χ1n) is 5.43. The summed E-state index contributed by atoms with van der Waals surface area (Å²) in [5.74, 6) is -0.944. The number of hydrogen-bond donors (Lipinski definition) is 1. The summed E-state index contributed by atoms with van der Waals surface area (Å²) in [7, 11) is 0. The number of aliphatic hydroxyl groups is 1. The molecule has 0 radical (unpaired) electrons. The molecule has 0 aromatic heterocycles. The number of hydrogen-bond acceptors (Lipinski definition) is 2. The SMILES string of the molecule is O=CC1(CO)C(c2cc(Cl)cc(C(F)(F)F)c2)C1(Cl)Cl. The Hall–Kier alpha value is -0.490. The molecule has 1 aromatic rings. The molecule has 1 saturated carbocycles. The van der Waals surface area contributed by atoms with E-state index in [0.717, 1.165) is 12.1 Å². The van der Waals surface area contributed by atoms with Crippen LogP contribution in [-0.4, -0.2) is 22.3 Å². The molecule has 1 fully saturated rings. The minimum Gasteiger partial charge on any atom is -0.395 e. The van der Waals surface area contributed by atoms with E-state index in [9.17, 15) is 23.1 Å². The first kappa shape index (κ1) is 15.9. The van der Waals surface area contributed by atoms with Crippen LogP contribution in [-0.2, 0) is 11.0 Å². The Balaban J connectivity index is 2.51. The van der Waals surface area contributed by atoms with Gasteiger partial charge in [0.25, 0.3) is 0 Å². The van der Waals surface area contributed by atoms with Crippen LogP contribution in [0.5, 0.6) is 0 Å². The molecule has 0 spiro atoms. The van der Waals surface area contributed by atoms with Gasteiger partial charge in [-0.05, 0) is 23.8 Å². The van der Waals surface area contributed by atoms with Crippen LogP contribution in [0.3, 0.4) is 0 Å². The molecule has 20 heavy (non-hydrogen) atoms. The van der Waals surface area contributed by atoms with Crippen molar-refractivity contribution in [1.29, 1.82) is 0 Å². The second-order valence-electron chi connectivity index (χ2n) is 4.64. The van der Waals surface area contributed by atoms with Gasteiger partial charge < -0.3 is 9.90 Å². The van der Waals surface area contributed by atoms with E-state index in [4.69, 9.17) is 34.8 Å². The lowest BCUT2D eigenvalue weighted by Crippen LogP contribution is -2.16. The van der Waals surface area contributed by atoms with Gasteiger partial charge in [-0.3, -0.25) is 0 Å². The lowest BCUT2D eigenvalue weighted by atomic mass is 9.99. The Morgan fingerprint density at radius 1 is 1.30 bits per heavy atom. The van der Waals surface area contributed by atoms with E-state index in [2.05, 4.69) is 0 Å². The van der Waals surface area contributed by atoms with Gasteiger partial charge >= 0.3 is 6.18 Å². The summed E-state index contributed by atoms with van der Waals surface area (Å²) in [4.78, 5) is 11.1. The maximum Gasteiger partial charge on any atom is 0.416 e. The lowest BCUT2D eigenvalue weighted by Gasteiger charge is -2.10. The van der Waals surface area contributed by atoms with Crippen LogP contribution < -0.4 is 0 Å². The maximum atomic E-state index is 12.7. The van der Waals surface area contributed by atoms with Crippen molar-refractivity contribution in [1.82, 2.24) is 0 Å². The first-order valence-corrected chi connectivity index (χ1v) is 6.56. The van der Waals surface area contributed by atoms with Gasteiger partial charge in [-0.1, -0.05) is 34.8 Å². The highest BCUT2D eigenvalue weighted by Crippen LogP contribution is 2.73. The quantitative estimate of drug-likeness (QED) is 0.667. The van der Waals surface area contributed by atoms with Crippen molar-refractivity contribution in [2.24, 2.45) is 5.41 Å². The molecule has 0 saturated heterocycles. The van der Waals surface area contributed by atoms with Crippen molar-refractivity contribution >= 4 is 41.1 Å². The van der Waals surface area contributed by atoms with Gasteiger partial charge in [0.15, 0.2) is 0 Å². The monoisotopic (exact) mass is 346 g/mol. The second-order valence-corrected chi connectivity index (χ2v) is 6.47. The molecule has 2 nitrogen and oxygen atoms in total. The van der Waals surface area contributed by atoms with Crippen LogP contribution in [0, 0.1) is 5.41 Å². The summed E-state index contributed by atoms with van der Waals surface area (Å²) >= 11 is 17.5. The third kappa shape index (κ3) is 2.21. The van der Waals surface area contributed by atoms with Crippen molar-refractivity contribution in [3.63, 3.8) is 0 Å². The Labute approximate surface area is 127 Å². The predicted molar refractivity (Wildman–Crippen MR) is 69.2 cm³/mol. The highest BCUT2D eigenvalue weighted by molar-refractivity contribution is 6.54. The van der Waals surface area contributed by atoms with Crippen molar-refractivity contribution < 1.29 is 23.1 Å². The minimum atomic E-state index is -4.58. The molecule has 110 valence electrons. The molecule has 1 aliphatic rings. The summed E-state index contributed by atoms with van der Waals surface area (Å²) in [6.07, 6.45) is -4.22. The lowest BCUT2D eigenvalue weighted by molar-refractivity contribution is -0.137. The molecular weight excluding hydrogens is 339 g/mol. The molecular formula is C12H8Cl3F3O2. The van der Waals surface area contributed by atoms with Gasteiger partial charge in [-0.2, -0.15) is 13.2 Å². The van der Waals surface area contributed by atoms with Crippen LogP contribution in [0.4, 0.5) is 13.2 Å². The normalized spacial score (nSPS) is 28.2. The molecule has 0 amide bonds. The van der Waals surface area contributed by atoms with Gasteiger partial charge in [0.05, 0.1) is 17.6 Å². The average Bonchev–Trinajstić information content (AvgIpc) is 2.84. The Morgan fingerprint density at radius 2 is 1.90 bits per heavy atom. The van der Waals surface area contributed by atoms with Crippen LogP contribution >= 0.6 is 34.8 Å². The summed E-state index contributed by atoms with van der Waals surface area (Å²) < 4.78 is 36.6. The van der Waals surface area contributed by atoms with Crippen LogP contribution in [0.25, 0.3) is 0 Å². The van der Waals surface area contributed by atoms with Gasteiger partial charge in [-0.25, -0.2) is 0 Å². The van der Waals surface area contributed by atoms with Crippen molar-refractivity contribution in [3.8, 4) is 0 Å². The largest absolute Gasteiger partial charge is 0.416 e. The molecule has 1 aromatic carbocycles. The number of aliphatic hydroxyl groups excluding tert-OH is 1. The Kier molecular flexibility index (Phi) is 3.79. The van der Waals surface area contributed by atoms with Gasteiger partial charge in [0, 0.05) is 10.9 Å². The summed E-state index contributed by atoms with van der Waals surface area (Å²) in [6.45, 7) is -0.665. The van der Waals surface area contributed by atoms with Crippen LogP contribution in [0.15, 0.2) is 18.2 Å². The number of rotatable bonds is 3. The fourth-order valence-corrected chi connectivity index (χ4v) is 3.51. The van der Waals surface area contributed by atoms with E-state index < -0.39 is 34.0 Å². The molecule has 2 unspecified atom stereocenters. The number of aldehydes is 1. The molecule has 2 atom stereocenters. The molecule has 0 bridgehead atoms. The zero-order valence-electron chi connectivity index (χ0n) is 9.72. The molecule has 2 rings (SSSR count). The molecule has 0 aliphatic heterocycles. The van der Waals surface area contributed by atoms with Crippen molar-refractivity contribution in [2.45, 2.75) is 16.4 Å². The number of carbonyl (C=O) groups is 1. The number of alkyl halides is 5. The minimum absolute atomic E-state index is 0.0657. The Morgan fingerprint density at radius 3 is 2.30 bits per heavy atom. The smallest absolute Gasteiger partial charge is 0.395 e. The summed E-state index contributed by atoms with van der Waals surface area (Å²) in [6, 6.07) is 2.85. The second kappa shape index (κ2) is 4.77. The average molecular weight is 348 g/mol. The van der Waals surface area contributed by atoms with E-state index in [1.165, 1.54) is 6.07 Å². The van der Waals surface area contributed by atoms with E-state index in [-0.39, 0.29) is 10.6 Å². The predicted octanol–water partition coefficient (Wildman–Crippen LogP) is 3.81. The van der Waals surface area contributed by atoms with Crippen molar-refractivity contribution in [3.05, 3.63) is 34.3 Å². The summed E-state index contributed by atoms with van der Waals surface area (Å²) in [5.41, 5.74) is -2.41. The third-order valence-corrected chi connectivity index (χ3v) is 4.83. The zero-order chi connectivity index (χ0) is 15.3. The van der Waals surface area contributed by atoms with E-state index >= 15 is 0 Å². The number of carbonyl (C=O) groups excluding carboxylic acids is 1. The molecule has 1 aliphatic carbocycles. The standard InChI is InChI=1S/C12H8Cl3F3O2/c13-8-2-6(1-7(3-8)12(16,17)18)9-10(4-19,5-20)11(9,14)15/h1-4,9,20H,5H2. The third-order valence-electron chi connectivity index (χ3n) is 3.47. The van der Waals surface area contributed by atoms with Gasteiger partial charge in [0.1, 0.15) is 10.6 Å². The summed E-state index contributed by atoms with van der Waals surface area (Å²) in [5, 5.41) is 9.12. The van der Waals surface area contributed by atoms with Crippen molar-refractivity contribution in [2.75, 3.05) is 6.61 Å². The molecule has 8 heteroatoms. The fourth-order valence-electron chi connectivity index (χ4n) is 2.31. The van der Waals surface area contributed by atoms with Gasteiger partial charge in [-0.15, -0.1) is 0 Å². The number of halogens is 6. The van der Waals surface area contributed by atoms with E-state index in [1.54, 1.807) is 0 Å². The number of benzene rings is 1. The molecule has 1 N–H and O–H groups in total. The topological polar surface area (TPSA) is 37.3 Å². The van der Waals surface area contributed by atoms with Crippen LogP contribution in [0.1, 0.15) is 17.0 Å². The Bertz CT molecular complexity index is 559. The molecule has 0 heterocycles. The van der Waals surface area contributed by atoms with Gasteiger partial charge in [0.2, 0.25) is 0 Å². The van der Waals surface area contributed by atoms with Crippen LogP contribution in [0.2, 0.25) is 5.02 Å². The first-order chi connectivity index (χ1) is 9.10. The van der Waals surface area contributed by atoms with E-state index in [1.807, 2.05) is 0 Å². The fraction of sp³-hybridized carbons (Fsp3) is 0.417. The highest BCUT2D eigenvalue weighted by Gasteiger charge is 2.76. The maximum absolute atomic E-state index is 12.7. The van der Waals surface area contributed by atoms with E-state index in [0.29, 0.717) is 6.29 Å². The highest BCUT2D eigenvalue weighted by atomic mass is 35.5. The zero-order valence-corrected chi connectivity index (χ0v) is 12.0.